The molecule has 0 bridgehead atoms. The molecule has 100 valence electrons. The van der Waals surface area contributed by atoms with E-state index in [9.17, 15) is 0 Å². The van der Waals surface area contributed by atoms with E-state index in [-0.39, 0.29) is 0 Å². The summed E-state index contributed by atoms with van der Waals surface area (Å²) in [5, 5.41) is 0.816. The lowest BCUT2D eigenvalue weighted by molar-refractivity contribution is 0.302. The molecule has 0 aliphatic heterocycles. The van der Waals surface area contributed by atoms with Gasteiger partial charge in [0.1, 0.15) is 12.4 Å². The number of halogens is 4. The summed E-state index contributed by atoms with van der Waals surface area (Å²) in [4.78, 5) is 0. The molecule has 0 radical (unpaired) electrons. The monoisotopic (exact) mass is 510 g/mol. The minimum absolute atomic E-state index is 0.532. The topological polar surface area (TPSA) is 9.23 Å². The van der Waals surface area contributed by atoms with Gasteiger partial charge in [0.05, 0.1) is 8.95 Å². The molecule has 0 aliphatic carbocycles. The van der Waals surface area contributed by atoms with Gasteiger partial charge < -0.3 is 4.74 Å². The largest absolute Gasteiger partial charge is 0.487 e. The number of hydrogen-bond acceptors (Lipinski definition) is 1. The zero-order chi connectivity index (χ0) is 13.8. The summed E-state index contributed by atoms with van der Waals surface area (Å²) < 4.78 is 8.84. The SMILES string of the molecule is BrCc1cc(Br)c(OCc2cccc(Br)c2)c(Br)c1. The first kappa shape index (κ1) is 15.5. The summed E-state index contributed by atoms with van der Waals surface area (Å²) in [6.07, 6.45) is 0. The Morgan fingerprint density at radius 3 is 2.16 bits per heavy atom. The third kappa shape index (κ3) is 4.31. The molecule has 0 amide bonds. The Hall–Kier alpha value is 0.160. The Bertz CT molecular complexity index is 560. The number of alkyl halides is 1. The van der Waals surface area contributed by atoms with Gasteiger partial charge >= 0.3 is 0 Å². The van der Waals surface area contributed by atoms with Crippen LogP contribution in [0.15, 0.2) is 49.8 Å². The van der Waals surface area contributed by atoms with Crippen LogP contribution in [-0.4, -0.2) is 0 Å². The molecule has 1 nitrogen and oxygen atoms in total. The Morgan fingerprint density at radius 2 is 1.58 bits per heavy atom. The van der Waals surface area contributed by atoms with Gasteiger partial charge in [-0.2, -0.15) is 0 Å². The fourth-order valence-corrected chi connectivity index (χ4v) is 3.89. The molecule has 5 heteroatoms. The maximum atomic E-state index is 5.88. The van der Waals surface area contributed by atoms with Crippen molar-refractivity contribution in [3.05, 3.63) is 60.9 Å². The lowest BCUT2D eigenvalue weighted by atomic mass is 10.2. The van der Waals surface area contributed by atoms with E-state index in [1.165, 1.54) is 5.56 Å². The summed E-state index contributed by atoms with van der Waals surface area (Å²) >= 11 is 14.0. The second-order valence-electron chi connectivity index (χ2n) is 3.94. The van der Waals surface area contributed by atoms with Gasteiger partial charge in [-0.15, -0.1) is 0 Å². The smallest absolute Gasteiger partial charge is 0.148 e. The Kier molecular flexibility index (Phi) is 5.93. The number of rotatable bonds is 4. The molecule has 0 heterocycles. The van der Waals surface area contributed by atoms with Crippen LogP contribution in [0.1, 0.15) is 11.1 Å². The van der Waals surface area contributed by atoms with Gasteiger partial charge in [-0.3, -0.25) is 0 Å². The van der Waals surface area contributed by atoms with Crippen LogP contribution in [0.5, 0.6) is 5.75 Å². The van der Waals surface area contributed by atoms with Crippen LogP contribution in [0.3, 0.4) is 0 Å². The van der Waals surface area contributed by atoms with E-state index in [4.69, 9.17) is 4.74 Å². The maximum absolute atomic E-state index is 5.88. The highest BCUT2D eigenvalue weighted by Crippen LogP contribution is 2.35. The number of benzene rings is 2. The molecule has 2 aromatic carbocycles. The molecule has 0 saturated carbocycles. The van der Waals surface area contributed by atoms with Crippen molar-refractivity contribution >= 4 is 63.7 Å². The van der Waals surface area contributed by atoms with E-state index >= 15 is 0 Å². The number of hydrogen-bond donors (Lipinski definition) is 0. The van der Waals surface area contributed by atoms with Crippen LogP contribution >= 0.6 is 63.7 Å². The van der Waals surface area contributed by atoms with E-state index in [0.717, 1.165) is 30.1 Å². The van der Waals surface area contributed by atoms with Crippen LogP contribution in [0.2, 0.25) is 0 Å². The Labute approximate surface area is 146 Å². The molecule has 0 fully saturated rings. The van der Waals surface area contributed by atoms with Gasteiger partial charge in [0, 0.05) is 9.80 Å². The molecule has 0 aliphatic rings. The normalized spacial score (nSPS) is 10.5. The van der Waals surface area contributed by atoms with Gasteiger partial charge in [-0.05, 0) is 67.3 Å². The Balaban J connectivity index is 2.16. The van der Waals surface area contributed by atoms with E-state index in [2.05, 4.69) is 81.9 Å². The van der Waals surface area contributed by atoms with E-state index in [1.54, 1.807) is 0 Å². The fraction of sp³-hybridized carbons (Fsp3) is 0.143. The van der Waals surface area contributed by atoms with Crippen molar-refractivity contribution in [2.45, 2.75) is 11.9 Å². The molecular formula is C14H10Br4O. The molecule has 0 atom stereocenters. The number of ether oxygens (including phenoxy) is 1. The minimum atomic E-state index is 0.532. The van der Waals surface area contributed by atoms with Crippen molar-refractivity contribution < 1.29 is 4.74 Å². The predicted molar refractivity (Wildman–Crippen MR) is 92.9 cm³/mol. The van der Waals surface area contributed by atoms with Crippen LogP contribution < -0.4 is 4.74 Å². The average molecular weight is 514 g/mol. The van der Waals surface area contributed by atoms with Crippen molar-refractivity contribution in [2.24, 2.45) is 0 Å². The van der Waals surface area contributed by atoms with Crippen molar-refractivity contribution in [1.82, 2.24) is 0 Å². The van der Waals surface area contributed by atoms with Crippen LogP contribution in [0.4, 0.5) is 0 Å². The van der Waals surface area contributed by atoms with Crippen molar-refractivity contribution in [3.63, 3.8) is 0 Å². The molecular weight excluding hydrogens is 504 g/mol. The second kappa shape index (κ2) is 7.25. The van der Waals surface area contributed by atoms with E-state index < -0.39 is 0 Å². The standard InChI is InChI=1S/C14H10Br4O/c15-7-10-5-12(17)14(13(18)6-10)19-8-9-2-1-3-11(16)4-9/h1-6H,7-8H2. The van der Waals surface area contributed by atoms with Crippen LogP contribution in [0.25, 0.3) is 0 Å². The Morgan fingerprint density at radius 1 is 0.895 bits per heavy atom. The van der Waals surface area contributed by atoms with Crippen molar-refractivity contribution in [1.29, 1.82) is 0 Å². The van der Waals surface area contributed by atoms with Gasteiger partial charge in [0.2, 0.25) is 0 Å². The fourth-order valence-electron chi connectivity index (χ4n) is 1.61. The molecule has 0 unspecified atom stereocenters. The molecule has 0 N–H and O–H groups in total. The summed E-state index contributed by atoms with van der Waals surface area (Å²) in [6, 6.07) is 12.2. The first-order valence-corrected chi connectivity index (χ1v) is 9.01. The second-order valence-corrected chi connectivity index (χ2v) is 7.13. The molecule has 0 saturated heterocycles. The van der Waals surface area contributed by atoms with Crippen molar-refractivity contribution in [2.75, 3.05) is 0 Å². The highest BCUT2D eigenvalue weighted by molar-refractivity contribution is 9.11. The van der Waals surface area contributed by atoms with Gasteiger partial charge in [0.15, 0.2) is 0 Å². The molecule has 19 heavy (non-hydrogen) atoms. The molecule has 0 spiro atoms. The zero-order valence-corrected chi connectivity index (χ0v) is 16.1. The first-order valence-electron chi connectivity index (χ1n) is 5.51. The predicted octanol–water partition coefficient (Wildman–Crippen LogP) is 6.45. The summed E-state index contributed by atoms with van der Waals surface area (Å²) in [6.45, 7) is 0.532. The lowest BCUT2D eigenvalue weighted by Crippen LogP contribution is -1.97. The minimum Gasteiger partial charge on any atom is -0.487 e. The summed E-state index contributed by atoms with van der Waals surface area (Å²) in [7, 11) is 0. The lowest BCUT2D eigenvalue weighted by Gasteiger charge is -2.12. The highest BCUT2D eigenvalue weighted by atomic mass is 79.9. The van der Waals surface area contributed by atoms with Gasteiger partial charge in [-0.25, -0.2) is 0 Å². The summed E-state index contributed by atoms with van der Waals surface area (Å²) in [5.41, 5.74) is 2.31. The van der Waals surface area contributed by atoms with Gasteiger partial charge in [-0.1, -0.05) is 44.0 Å². The first-order chi connectivity index (χ1) is 9.10. The molecule has 2 aromatic rings. The van der Waals surface area contributed by atoms with Crippen LogP contribution in [-0.2, 0) is 11.9 Å². The summed E-state index contributed by atoms with van der Waals surface area (Å²) in [5.74, 6) is 0.824. The van der Waals surface area contributed by atoms with Gasteiger partial charge in [0.25, 0.3) is 0 Å². The van der Waals surface area contributed by atoms with Crippen LogP contribution in [0, 0.1) is 0 Å². The van der Waals surface area contributed by atoms with E-state index in [1.807, 2.05) is 18.2 Å². The quantitative estimate of drug-likeness (QED) is 0.427. The third-order valence-electron chi connectivity index (χ3n) is 2.48. The highest BCUT2D eigenvalue weighted by Gasteiger charge is 2.09. The van der Waals surface area contributed by atoms with Crippen molar-refractivity contribution in [3.8, 4) is 5.75 Å². The molecule has 0 aromatic heterocycles. The average Bonchev–Trinajstić information content (AvgIpc) is 2.37. The molecule has 2 rings (SSSR count). The van der Waals surface area contributed by atoms with E-state index in [0.29, 0.717) is 6.61 Å². The third-order valence-corrected chi connectivity index (χ3v) is 4.80. The maximum Gasteiger partial charge on any atom is 0.148 e. The zero-order valence-electron chi connectivity index (χ0n) is 9.80.